The Morgan fingerprint density at radius 3 is 2.19 bits per heavy atom. The molecule has 2 N–H and O–H groups in total. The van der Waals surface area contributed by atoms with Crippen LogP contribution in [0.3, 0.4) is 0 Å². The molecule has 53 heavy (non-hydrogen) atoms. The maximum absolute atomic E-state index is 13.9. The van der Waals surface area contributed by atoms with Crippen molar-refractivity contribution in [3.8, 4) is 0 Å². The second kappa shape index (κ2) is 15.6. The number of fused-ring (bicyclic) bond motifs is 1. The number of morpholine rings is 1. The molecular weight excluding hydrogens is 731 g/mol. The molecular formula is C33H33F9N6O5. The van der Waals surface area contributed by atoms with Gasteiger partial charge in [0.05, 0.1) is 65.9 Å². The van der Waals surface area contributed by atoms with Gasteiger partial charge >= 0.3 is 30.6 Å². The van der Waals surface area contributed by atoms with Crippen molar-refractivity contribution in [1.29, 1.82) is 0 Å². The number of carboxylic acid groups (broad SMARTS) is 1. The highest BCUT2D eigenvalue weighted by Gasteiger charge is 2.41. The molecule has 4 heterocycles. The third-order valence-electron chi connectivity index (χ3n) is 8.60. The van der Waals surface area contributed by atoms with Crippen LogP contribution >= 0.6 is 0 Å². The van der Waals surface area contributed by atoms with Gasteiger partial charge in [0.2, 0.25) is 5.95 Å². The second-order valence-electron chi connectivity index (χ2n) is 12.3. The van der Waals surface area contributed by atoms with Crippen molar-refractivity contribution in [2.24, 2.45) is 0 Å². The smallest absolute Gasteiger partial charge is 0.433 e. The molecule has 0 unspecified atom stereocenters. The number of pyridine rings is 1. The lowest BCUT2D eigenvalue weighted by Crippen LogP contribution is -2.46. The Morgan fingerprint density at radius 2 is 1.60 bits per heavy atom. The monoisotopic (exact) mass is 764 g/mol. The normalized spacial score (nSPS) is 18.1. The van der Waals surface area contributed by atoms with E-state index in [1.165, 1.54) is 6.20 Å². The number of alkyl halides is 9. The number of aliphatic carboxylic acids is 1. The maximum Gasteiger partial charge on any atom is 0.433 e. The molecule has 0 spiro atoms. The van der Waals surface area contributed by atoms with Crippen molar-refractivity contribution < 1.29 is 63.7 Å². The molecule has 0 bridgehead atoms. The Morgan fingerprint density at radius 1 is 0.943 bits per heavy atom. The summed E-state index contributed by atoms with van der Waals surface area (Å²) in [6, 6.07) is 1.20. The molecule has 1 aromatic carbocycles. The number of nitrogens with zero attached hydrogens (tertiary/aromatic N) is 5. The minimum absolute atomic E-state index is 0.00780. The minimum Gasteiger partial charge on any atom is -0.481 e. The number of hydrogen-bond donors (Lipinski definition) is 2. The number of ether oxygens (including phenoxy) is 2. The van der Waals surface area contributed by atoms with Crippen molar-refractivity contribution in [3.05, 3.63) is 70.3 Å². The summed E-state index contributed by atoms with van der Waals surface area (Å²) in [6.07, 6.45) is -15.2. The first-order valence-electron chi connectivity index (χ1n) is 16.3. The standard InChI is InChI=1S/C33H33F9N6O5/c1-2-21-16-23(28-24(5-6-26(46-28)33(40,41)42)48(21)30(51)53-9-3-4-27(49)50)45-29-43-17-25(47-7-10-52-11-8-47)22(44-29)14-18-12-19(31(34,35)36)15-20(13-18)32(37,38)39/h5-6,12-13,15,17,21,23H,2-4,7-11,14,16H2,1H3,(H,49,50)(H,43,44,45)/t21-,23+/m1/s1. The Balaban J connectivity index is 1.54. The van der Waals surface area contributed by atoms with E-state index in [-0.39, 0.29) is 80.2 Å². The third-order valence-corrected chi connectivity index (χ3v) is 8.60. The summed E-state index contributed by atoms with van der Waals surface area (Å²) >= 11 is 0. The van der Waals surface area contributed by atoms with E-state index < -0.39 is 65.9 Å². The van der Waals surface area contributed by atoms with Crippen LogP contribution in [0.25, 0.3) is 0 Å². The van der Waals surface area contributed by atoms with Crippen LogP contribution in [0.15, 0.2) is 36.5 Å². The molecule has 0 aliphatic carbocycles. The highest BCUT2D eigenvalue weighted by atomic mass is 19.4. The molecule has 0 radical (unpaired) electrons. The number of benzene rings is 1. The van der Waals surface area contributed by atoms with Crippen LogP contribution in [-0.4, -0.2) is 71.1 Å². The zero-order valence-electron chi connectivity index (χ0n) is 27.9. The largest absolute Gasteiger partial charge is 0.481 e. The molecule has 2 atom stereocenters. The molecule has 2 aliphatic heterocycles. The van der Waals surface area contributed by atoms with Crippen LogP contribution < -0.4 is 15.1 Å². The lowest BCUT2D eigenvalue weighted by molar-refractivity contribution is -0.143. The number of anilines is 3. The number of rotatable bonds is 10. The fourth-order valence-corrected chi connectivity index (χ4v) is 6.10. The van der Waals surface area contributed by atoms with Gasteiger partial charge in [0.1, 0.15) is 5.69 Å². The van der Waals surface area contributed by atoms with Gasteiger partial charge in [0.25, 0.3) is 0 Å². The topological polar surface area (TPSA) is 130 Å². The summed E-state index contributed by atoms with van der Waals surface area (Å²) < 4.78 is 134. The fraction of sp³-hybridized carbons (Fsp3) is 0.485. The van der Waals surface area contributed by atoms with E-state index >= 15 is 0 Å². The van der Waals surface area contributed by atoms with Crippen molar-refractivity contribution >= 4 is 29.4 Å². The number of carbonyl (C=O) groups excluding carboxylic acids is 1. The first-order chi connectivity index (χ1) is 24.8. The van der Waals surface area contributed by atoms with Crippen molar-refractivity contribution in [2.75, 3.05) is 48.0 Å². The molecule has 2 aromatic heterocycles. The van der Waals surface area contributed by atoms with Crippen LogP contribution in [-0.2, 0) is 39.2 Å². The quantitative estimate of drug-likeness (QED) is 0.158. The maximum atomic E-state index is 13.9. The first-order valence-corrected chi connectivity index (χ1v) is 16.3. The van der Waals surface area contributed by atoms with Crippen molar-refractivity contribution in [3.63, 3.8) is 0 Å². The highest BCUT2D eigenvalue weighted by molar-refractivity contribution is 5.90. The van der Waals surface area contributed by atoms with E-state index in [0.29, 0.717) is 37.0 Å². The number of carbonyl (C=O) groups is 2. The molecule has 1 fully saturated rings. The van der Waals surface area contributed by atoms with Gasteiger partial charge in [-0.05, 0) is 55.2 Å². The van der Waals surface area contributed by atoms with Gasteiger partial charge in [-0.3, -0.25) is 9.69 Å². The summed E-state index contributed by atoms with van der Waals surface area (Å²) in [6.45, 7) is 2.59. The molecule has 1 amide bonds. The summed E-state index contributed by atoms with van der Waals surface area (Å²) in [5.41, 5.74) is -4.59. The third kappa shape index (κ3) is 9.57. The summed E-state index contributed by atoms with van der Waals surface area (Å²) in [7, 11) is 0. The predicted octanol–water partition coefficient (Wildman–Crippen LogP) is 7.50. The number of aromatic nitrogens is 3. The number of hydrogen-bond acceptors (Lipinski definition) is 9. The molecule has 3 aromatic rings. The van der Waals surface area contributed by atoms with Gasteiger partial charge in [-0.25, -0.2) is 19.7 Å². The summed E-state index contributed by atoms with van der Waals surface area (Å²) in [5.74, 6) is -1.33. The second-order valence-corrected chi connectivity index (χ2v) is 12.3. The Kier molecular flexibility index (Phi) is 11.6. The van der Waals surface area contributed by atoms with E-state index in [2.05, 4.69) is 20.3 Å². The van der Waals surface area contributed by atoms with E-state index in [0.717, 1.165) is 11.0 Å². The lowest BCUT2D eigenvalue weighted by Gasteiger charge is -2.39. The molecule has 2 aliphatic rings. The molecule has 20 heteroatoms. The van der Waals surface area contributed by atoms with Gasteiger partial charge in [0.15, 0.2) is 0 Å². The molecule has 288 valence electrons. The van der Waals surface area contributed by atoms with Gasteiger partial charge in [-0.2, -0.15) is 39.5 Å². The van der Waals surface area contributed by atoms with Crippen molar-refractivity contribution in [1.82, 2.24) is 15.0 Å². The van der Waals surface area contributed by atoms with E-state index in [4.69, 9.17) is 14.6 Å². The number of halogens is 9. The van der Waals surface area contributed by atoms with Crippen LogP contribution in [0.4, 0.5) is 61.6 Å². The summed E-state index contributed by atoms with van der Waals surface area (Å²) in [5, 5.41) is 11.8. The molecule has 1 saturated heterocycles. The van der Waals surface area contributed by atoms with Gasteiger partial charge in [-0.1, -0.05) is 6.92 Å². The van der Waals surface area contributed by atoms with E-state index in [1.807, 2.05) is 0 Å². The Hall–Kier alpha value is -4.88. The highest BCUT2D eigenvalue weighted by Crippen LogP contribution is 2.42. The Bertz CT molecular complexity index is 1770. The Labute approximate surface area is 296 Å². The average Bonchev–Trinajstić information content (AvgIpc) is 3.08. The average molecular weight is 765 g/mol. The first kappa shape index (κ1) is 39.3. The SMILES string of the molecule is CC[C@@H]1C[C@H](Nc2ncc(N3CCOCC3)c(Cc3cc(C(F)(F)F)cc(C(F)(F)F)c3)n2)c2nc(C(F)(F)F)ccc2N1C(=O)OCCCC(=O)O. The van der Waals surface area contributed by atoms with E-state index in [1.54, 1.807) is 11.8 Å². The van der Waals surface area contributed by atoms with Crippen molar-refractivity contribution in [2.45, 2.75) is 69.6 Å². The number of carboxylic acids is 1. The zero-order chi connectivity index (χ0) is 38.7. The van der Waals surface area contributed by atoms with Crippen LogP contribution in [0.2, 0.25) is 0 Å². The molecule has 5 rings (SSSR count). The molecule has 0 saturated carbocycles. The zero-order valence-corrected chi connectivity index (χ0v) is 27.9. The van der Waals surface area contributed by atoms with Gasteiger partial charge in [-0.15, -0.1) is 0 Å². The van der Waals surface area contributed by atoms with Crippen LogP contribution in [0.5, 0.6) is 0 Å². The van der Waals surface area contributed by atoms with E-state index in [9.17, 15) is 49.1 Å². The van der Waals surface area contributed by atoms with Gasteiger partial charge in [0, 0.05) is 32.0 Å². The summed E-state index contributed by atoms with van der Waals surface area (Å²) in [4.78, 5) is 39.6. The minimum atomic E-state index is -5.09. The number of nitrogens with one attached hydrogen (secondary N) is 1. The lowest BCUT2D eigenvalue weighted by atomic mass is 9.93. The fourth-order valence-electron chi connectivity index (χ4n) is 6.10. The number of amides is 1. The van der Waals surface area contributed by atoms with Crippen LogP contribution in [0.1, 0.15) is 72.4 Å². The predicted molar refractivity (Wildman–Crippen MR) is 169 cm³/mol. The molecule has 11 nitrogen and oxygen atoms in total. The van der Waals surface area contributed by atoms with Gasteiger partial charge < -0.3 is 24.8 Å². The van der Waals surface area contributed by atoms with Crippen LogP contribution in [0, 0.1) is 0 Å².